The molecule has 0 amide bonds. The summed E-state index contributed by atoms with van der Waals surface area (Å²) in [5, 5.41) is 3.39. The van der Waals surface area contributed by atoms with Crippen molar-refractivity contribution in [2.75, 3.05) is 0 Å². The third-order valence-corrected chi connectivity index (χ3v) is 2.25. The maximum atomic E-state index is 5.27. The molecule has 2 aromatic heterocycles. The molecule has 0 aliphatic heterocycles. The van der Waals surface area contributed by atoms with Crippen molar-refractivity contribution < 1.29 is 4.42 Å². The second kappa shape index (κ2) is 4.67. The first-order valence-corrected chi connectivity index (χ1v) is 5.65. The monoisotopic (exact) mass is 231 g/mol. The standard InChI is InChI=1S/C13H17N3O/c1-13(2,3)15-9-10-6-7-14-12(16-10)11-5-4-8-17-11/h4-8,15H,9H2,1-3H3. The Morgan fingerprint density at radius 2 is 2.12 bits per heavy atom. The lowest BCUT2D eigenvalue weighted by molar-refractivity contribution is 0.421. The number of hydrogen-bond acceptors (Lipinski definition) is 4. The average molecular weight is 231 g/mol. The van der Waals surface area contributed by atoms with Crippen LogP contribution in [-0.4, -0.2) is 15.5 Å². The molecule has 0 radical (unpaired) electrons. The van der Waals surface area contributed by atoms with Gasteiger partial charge in [-0.05, 0) is 39.0 Å². The smallest absolute Gasteiger partial charge is 0.195 e. The van der Waals surface area contributed by atoms with E-state index in [1.807, 2.05) is 18.2 Å². The molecule has 2 rings (SSSR count). The zero-order valence-electron chi connectivity index (χ0n) is 10.4. The van der Waals surface area contributed by atoms with Crippen molar-refractivity contribution in [3.8, 4) is 11.6 Å². The summed E-state index contributed by atoms with van der Waals surface area (Å²) in [7, 11) is 0. The minimum absolute atomic E-state index is 0.0792. The van der Waals surface area contributed by atoms with Gasteiger partial charge >= 0.3 is 0 Å². The predicted octanol–water partition coefficient (Wildman–Crippen LogP) is 2.62. The van der Waals surface area contributed by atoms with Gasteiger partial charge in [-0.15, -0.1) is 0 Å². The van der Waals surface area contributed by atoms with E-state index in [-0.39, 0.29) is 5.54 Å². The zero-order chi connectivity index (χ0) is 12.3. The molecular formula is C13H17N3O. The van der Waals surface area contributed by atoms with Crippen LogP contribution in [0.15, 0.2) is 35.1 Å². The van der Waals surface area contributed by atoms with Crippen molar-refractivity contribution in [1.82, 2.24) is 15.3 Å². The third-order valence-electron chi connectivity index (χ3n) is 2.25. The van der Waals surface area contributed by atoms with Crippen LogP contribution in [0, 0.1) is 0 Å². The number of nitrogens with one attached hydrogen (secondary N) is 1. The fourth-order valence-corrected chi connectivity index (χ4v) is 1.37. The summed E-state index contributed by atoms with van der Waals surface area (Å²) in [6.07, 6.45) is 3.38. The van der Waals surface area contributed by atoms with Gasteiger partial charge in [-0.1, -0.05) is 0 Å². The molecule has 0 aliphatic carbocycles. The Balaban J connectivity index is 2.12. The van der Waals surface area contributed by atoms with Gasteiger partial charge in [0, 0.05) is 18.3 Å². The molecule has 0 spiro atoms. The maximum Gasteiger partial charge on any atom is 0.195 e. The van der Waals surface area contributed by atoms with Crippen LogP contribution in [0.3, 0.4) is 0 Å². The van der Waals surface area contributed by atoms with Crippen molar-refractivity contribution in [2.24, 2.45) is 0 Å². The zero-order valence-corrected chi connectivity index (χ0v) is 10.4. The molecular weight excluding hydrogens is 214 g/mol. The Morgan fingerprint density at radius 3 is 2.76 bits per heavy atom. The largest absolute Gasteiger partial charge is 0.461 e. The molecule has 0 aromatic carbocycles. The summed E-state index contributed by atoms with van der Waals surface area (Å²) in [6, 6.07) is 5.60. The Hall–Kier alpha value is -1.68. The van der Waals surface area contributed by atoms with Crippen LogP contribution < -0.4 is 5.32 Å². The van der Waals surface area contributed by atoms with Crippen molar-refractivity contribution >= 4 is 0 Å². The third kappa shape index (κ3) is 3.39. The first-order valence-electron chi connectivity index (χ1n) is 5.65. The summed E-state index contributed by atoms with van der Waals surface area (Å²) in [4.78, 5) is 8.64. The number of furan rings is 1. The second-order valence-corrected chi connectivity index (χ2v) is 4.95. The maximum absolute atomic E-state index is 5.27. The molecule has 0 aliphatic rings. The van der Waals surface area contributed by atoms with E-state index in [0.29, 0.717) is 11.6 Å². The summed E-state index contributed by atoms with van der Waals surface area (Å²) >= 11 is 0. The van der Waals surface area contributed by atoms with E-state index in [9.17, 15) is 0 Å². The first kappa shape index (κ1) is 11.8. The van der Waals surface area contributed by atoms with Crippen molar-refractivity contribution in [2.45, 2.75) is 32.9 Å². The number of aromatic nitrogens is 2. The van der Waals surface area contributed by atoms with E-state index in [4.69, 9.17) is 4.42 Å². The topological polar surface area (TPSA) is 51.0 Å². The lowest BCUT2D eigenvalue weighted by atomic mass is 10.1. The fraction of sp³-hybridized carbons (Fsp3) is 0.385. The van der Waals surface area contributed by atoms with Gasteiger partial charge in [0.05, 0.1) is 12.0 Å². The normalized spacial score (nSPS) is 11.7. The van der Waals surface area contributed by atoms with Gasteiger partial charge in [-0.2, -0.15) is 0 Å². The van der Waals surface area contributed by atoms with E-state index in [1.54, 1.807) is 12.5 Å². The SMILES string of the molecule is CC(C)(C)NCc1ccnc(-c2ccco2)n1. The van der Waals surface area contributed by atoms with Gasteiger partial charge < -0.3 is 9.73 Å². The van der Waals surface area contributed by atoms with Crippen molar-refractivity contribution in [3.05, 3.63) is 36.4 Å². The van der Waals surface area contributed by atoms with E-state index in [0.717, 1.165) is 12.2 Å². The highest BCUT2D eigenvalue weighted by atomic mass is 16.3. The lowest BCUT2D eigenvalue weighted by Crippen LogP contribution is -2.35. The average Bonchev–Trinajstić information content (AvgIpc) is 2.79. The Bertz CT molecular complexity index is 472. The van der Waals surface area contributed by atoms with Crippen LogP contribution in [0.2, 0.25) is 0 Å². The molecule has 4 heteroatoms. The molecule has 0 bridgehead atoms. The highest BCUT2D eigenvalue weighted by Gasteiger charge is 2.10. The van der Waals surface area contributed by atoms with Crippen LogP contribution in [0.25, 0.3) is 11.6 Å². The van der Waals surface area contributed by atoms with Crippen LogP contribution in [0.1, 0.15) is 26.5 Å². The minimum Gasteiger partial charge on any atom is -0.461 e. The van der Waals surface area contributed by atoms with Crippen LogP contribution in [0.4, 0.5) is 0 Å². The highest BCUT2D eigenvalue weighted by Crippen LogP contribution is 2.14. The molecule has 90 valence electrons. The number of rotatable bonds is 3. The number of nitrogens with zero attached hydrogens (tertiary/aromatic N) is 2. The lowest BCUT2D eigenvalue weighted by Gasteiger charge is -2.20. The number of hydrogen-bond donors (Lipinski definition) is 1. The highest BCUT2D eigenvalue weighted by molar-refractivity contribution is 5.45. The molecule has 0 atom stereocenters. The van der Waals surface area contributed by atoms with Crippen LogP contribution in [-0.2, 0) is 6.54 Å². The molecule has 17 heavy (non-hydrogen) atoms. The summed E-state index contributed by atoms with van der Waals surface area (Å²) < 4.78 is 5.27. The van der Waals surface area contributed by atoms with Gasteiger partial charge in [0.25, 0.3) is 0 Å². The quantitative estimate of drug-likeness (QED) is 0.882. The second-order valence-electron chi connectivity index (χ2n) is 4.95. The molecule has 0 saturated carbocycles. The molecule has 0 unspecified atom stereocenters. The Morgan fingerprint density at radius 1 is 1.29 bits per heavy atom. The first-order chi connectivity index (χ1) is 8.04. The van der Waals surface area contributed by atoms with Gasteiger partial charge in [-0.3, -0.25) is 0 Å². The Labute approximate surface area is 101 Å². The molecule has 4 nitrogen and oxygen atoms in total. The molecule has 1 N–H and O–H groups in total. The van der Waals surface area contributed by atoms with Gasteiger partial charge in [0.1, 0.15) is 0 Å². The molecule has 2 aromatic rings. The summed E-state index contributed by atoms with van der Waals surface area (Å²) in [6.45, 7) is 7.10. The minimum atomic E-state index is 0.0792. The summed E-state index contributed by atoms with van der Waals surface area (Å²) in [5.74, 6) is 1.32. The van der Waals surface area contributed by atoms with Crippen molar-refractivity contribution in [3.63, 3.8) is 0 Å². The van der Waals surface area contributed by atoms with E-state index >= 15 is 0 Å². The molecule has 2 heterocycles. The van der Waals surface area contributed by atoms with E-state index in [1.165, 1.54) is 0 Å². The fourth-order valence-electron chi connectivity index (χ4n) is 1.37. The van der Waals surface area contributed by atoms with Crippen LogP contribution in [0.5, 0.6) is 0 Å². The van der Waals surface area contributed by atoms with E-state index in [2.05, 4.69) is 36.1 Å². The molecule has 0 saturated heterocycles. The van der Waals surface area contributed by atoms with Gasteiger partial charge in [-0.25, -0.2) is 9.97 Å². The predicted molar refractivity (Wildman–Crippen MR) is 66.3 cm³/mol. The Kier molecular flexibility index (Phi) is 3.24. The van der Waals surface area contributed by atoms with E-state index < -0.39 is 0 Å². The van der Waals surface area contributed by atoms with Gasteiger partial charge in [0.15, 0.2) is 11.6 Å². The van der Waals surface area contributed by atoms with Crippen LogP contribution >= 0.6 is 0 Å². The van der Waals surface area contributed by atoms with Crippen molar-refractivity contribution in [1.29, 1.82) is 0 Å². The van der Waals surface area contributed by atoms with Gasteiger partial charge in [0.2, 0.25) is 0 Å². The molecule has 0 fully saturated rings. The summed E-state index contributed by atoms with van der Waals surface area (Å²) in [5.41, 5.74) is 1.04.